The van der Waals surface area contributed by atoms with Gasteiger partial charge in [0.15, 0.2) is 0 Å². The van der Waals surface area contributed by atoms with Crippen LogP contribution in [0.5, 0.6) is 0 Å². The van der Waals surface area contributed by atoms with Crippen molar-refractivity contribution >= 4 is 12.1 Å². The Balaban J connectivity index is 2.17. The van der Waals surface area contributed by atoms with Crippen LogP contribution in [-0.4, -0.2) is 11.5 Å². The molecule has 0 radical (unpaired) electrons. The highest BCUT2D eigenvalue weighted by molar-refractivity contribution is 5.82. The van der Waals surface area contributed by atoms with E-state index in [0.717, 1.165) is 22.3 Å². The number of benzene rings is 2. The molecule has 1 atom stereocenters. The Hall–Kier alpha value is -2.13. The second kappa shape index (κ2) is 3.71. The average Bonchev–Trinajstić information content (AvgIpc) is 2.65. The van der Waals surface area contributed by atoms with Crippen LogP contribution in [0.3, 0.4) is 0 Å². The van der Waals surface area contributed by atoms with Crippen molar-refractivity contribution in [1.82, 2.24) is 0 Å². The zero-order valence-electron chi connectivity index (χ0n) is 9.05. The molecule has 3 heteroatoms. The van der Waals surface area contributed by atoms with E-state index in [1.165, 1.54) is 0 Å². The Labute approximate surface area is 98.7 Å². The monoisotopic (exact) mass is 225 g/mol. The minimum Gasteiger partial charge on any atom is -0.384 e. The molecule has 2 aromatic rings. The number of anilines is 1. The molecule has 0 spiro atoms. The van der Waals surface area contributed by atoms with Crippen LogP contribution in [0.4, 0.5) is 5.69 Å². The summed E-state index contributed by atoms with van der Waals surface area (Å²) in [5.74, 6) is 0. The van der Waals surface area contributed by atoms with Crippen LogP contribution < -0.4 is 5.32 Å². The average molecular weight is 225 g/mol. The second-order valence-electron chi connectivity index (χ2n) is 4.05. The molecule has 2 aromatic carbocycles. The maximum Gasteiger partial charge on any atom is 0.211 e. The van der Waals surface area contributed by atoms with Gasteiger partial charge in [-0.15, -0.1) is 0 Å². The van der Waals surface area contributed by atoms with E-state index >= 15 is 0 Å². The lowest BCUT2D eigenvalue weighted by molar-refractivity contribution is -0.105. The summed E-state index contributed by atoms with van der Waals surface area (Å²) in [6, 6.07) is 13.4. The SMILES string of the molecule is O=CNc1ccc2c(c1)[C@@H](O)c1ccccc1-2. The highest BCUT2D eigenvalue weighted by Gasteiger charge is 2.26. The number of amides is 1. The predicted molar refractivity (Wildman–Crippen MR) is 65.6 cm³/mol. The van der Waals surface area contributed by atoms with Gasteiger partial charge in [-0.3, -0.25) is 4.79 Å². The summed E-state index contributed by atoms with van der Waals surface area (Å²) in [5, 5.41) is 12.8. The number of aliphatic hydroxyl groups is 1. The summed E-state index contributed by atoms with van der Waals surface area (Å²) >= 11 is 0. The van der Waals surface area contributed by atoms with Crippen molar-refractivity contribution in [1.29, 1.82) is 0 Å². The normalized spacial score (nSPS) is 16.2. The Morgan fingerprint density at radius 1 is 1.06 bits per heavy atom. The molecule has 0 aliphatic heterocycles. The number of carbonyl (C=O) groups is 1. The van der Waals surface area contributed by atoms with E-state index in [-0.39, 0.29) is 0 Å². The van der Waals surface area contributed by atoms with Crippen LogP contribution >= 0.6 is 0 Å². The fraction of sp³-hybridized carbons (Fsp3) is 0.0714. The van der Waals surface area contributed by atoms with Crippen molar-refractivity contribution in [2.75, 3.05) is 5.32 Å². The van der Waals surface area contributed by atoms with Crippen LogP contribution in [0.15, 0.2) is 42.5 Å². The molecule has 3 rings (SSSR count). The summed E-state index contributed by atoms with van der Waals surface area (Å²) in [7, 11) is 0. The van der Waals surface area contributed by atoms with E-state index in [2.05, 4.69) is 5.32 Å². The molecule has 0 saturated carbocycles. The lowest BCUT2D eigenvalue weighted by Crippen LogP contribution is -1.97. The summed E-state index contributed by atoms with van der Waals surface area (Å²) in [6.45, 7) is 0. The highest BCUT2D eigenvalue weighted by Crippen LogP contribution is 2.43. The third-order valence-electron chi connectivity index (χ3n) is 3.12. The molecular formula is C14H11NO2. The quantitative estimate of drug-likeness (QED) is 0.770. The predicted octanol–water partition coefficient (Wildman–Crippen LogP) is 2.32. The molecule has 3 nitrogen and oxygen atoms in total. The van der Waals surface area contributed by atoms with Gasteiger partial charge in [0.2, 0.25) is 6.41 Å². The summed E-state index contributed by atoms with van der Waals surface area (Å²) < 4.78 is 0. The van der Waals surface area contributed by atoms with Gasteiger partial charge < -0.3 is 10.4 Å². The van der Waals surface area contributed by atoms with Crippen molar-refractivity contribution in [3.63, 3.8) is 0 Å². The third-order valence-corrected chi connectivity index (χ3v) is 3.12. The lowest BCUT2D eigenvalue weighted by Gasteiger charge is -2.06. The van der Waals surface area contributed by atoms with Crippen molar-refractivity contribution in [2.24, 2.45) is 0 Å². The van der Waals surface area contributed by atoms with E-state index in [0.29, 0.717) is 12.1 Å². The Morgan fingerprint density at radius 3 is 2.65 bits per heavy atom. The molecule has 84 valence electrons. The van der Waals surface area contributed by atoms with Crippen molar-refractivity contribution in [3.8, 4) is 11.1 Å². The topological polar surface area (TPSA) is 49.3 Å². The summed E-state index contributed by atoms with van der Waals surface area (Å²) in [6.07, 6.45) is 0.0329. The van der Waals surface area contributed by atoms with Crippen molar-refractivity contribution in [3.05, 3.63) is 53.6 Å². The fourth-order valence-corrected chi connectivity index (χ4v) is 2.34. The van der Waals surface area contributed by atoms with Crippen LogP contribution in [0.2, 0.25) is 0 Å². The van der Waals surface area contributed by atoms with Crippen LogP contribution in [0.1, 0.15) is 17.2 Å². The number of aliphatic hydroxyl groups excluding tert-OH is 1. The first kappa shape index (κ1) is 10.1. The molecule has 1 aliphatic carbocycles. The van der Waals surface area contributed by atoms with E-state index in [4.69, 9.17) is 0 Å². The maximum atomic E-state index is 10.4. The minimum absolute atomic E-state index is 0.602. The molecule has 1 amide bonds. The molecule has 17 heavy (non-hydrogen) atoms. The molecule has 0 saturated heterocycles. The van der Waals surface area contributed by atoms with E-state index in [1.54, 1.807) is 0 Å². The van der Waals surface area contributed by atoms with Gasteiger partial charge in [-0.1, -0.05) is 30.3 Å². The lowest BCUT2D eigenvalue weighted by atomic mass is 10.1. The van der Waals surface area contributed by atoms with Gasteiger partial charge in [0, 0.05) is 5.69 Å². The van der Waals surface area contributed by atoms with Gasteiger partial charge in [0.25, 0.3) is 0 Å². The molecule has 0 fully saturated rings. The van der Waals surface area contributed by atoms with Crippen LogP contribution in [-0.2, 0) is 4.79 Å². The zero-order valence-corrected chi connectivity index (χ0v) is 9.05. The van der Waals surface area contributed by atoms with E-state index < -0.39 is 6.10 Å². The maximum absolute atomic E-state index is 10.4. The van der Waals surface area contributed by atoms with Gasteiger partial charge in [0.05, 0.1) is 0 Å². The van der Waals surface area contributed by atoms with Gasteiger partial charge in [0.1, 0.15) is 6.10 Å². The molecular weight excluding hydrogens is 214 g/mol. The molecule has 0 unspecified atom stereocenters. The van der Waals surface area contributed by atoms with Crippen molar-refractivity contribution in [2.45, 2.75) is 6.10 Å². The second-order valence-corrected chi connectivity index (χ2v) is 4.05. The van der Waals surface area contributed by atoms with E-state index in [1.807, 2.05) is 42.5 Å². The standard InChI is InChI=1S/C14H11NO2/c16-8-15-9-5-6-11-10-3-1-2-4-12(10)14(17)13(11)7-9/h1-8,14,17H,(H,15,16)/t14-/m0/s1. The Morgan fingerprint density at radius 2 is 1.82 bits per heavy atom. The first-order valence-electron chi connectivity index (χ1n) is 5.43. The molecule has 1 aliphatic rings. The number of fused-ring (bicyclic) bond motifs is 3. The Bertz CT molecular complexity index is 593. The number of hydrogen-bond acceptors (Lipinski definition) is 2. The molecule has 0 heterocycles. The van der Waals surface area contributed by atoms with Gasteiger partial charge in [-0.25, -0.2) is 0 Å². The Kier molecular flexibility index (Phi) is 2.20. The number of carbonyl (C=O) groups excluding carboxylic acids is 1. The third kappa shape index (κ3) is 1.44. The molecule has 0 aromatic heterocycles. The summed E-state index contributed by atoms with van der Waals surface area (Å²) in [5.41, 5.74) is 4.56. The highest BCUT2D eigenvalue weighted by atomic mass is 16.3. The molecule has 0 bridgehead atoms. The van der Waals surface area contributed by atoms with Gasteiger partial charge in [-0.05, 0) is 34.4 Å². The fourth-order valence-electron chi connectivity index (χ4n) is 2.34. The zero-order chi connectivity index (χ0) is 11.8. The van der Waals surface area contributed by atoms with Crippen LogP contribution in [0.25, 0.3) is 11.1 Å². The number of rotatable bonds is 2. The van der Waals surface area contributed by atoms with Gasteiger partial charge in [-0.2, -0.15) is 0 Å². The first-order valence-corrected chi connectivity index (χ1v) is 5.43. The first-order chi connectivity index (χ1) is 8.31. The number of nitrogens with one attached hydrogen (secondary N) is 1. The largest absolute Gasteiger partial charge is 0.384 e. The minimum atomic E-state index is -0.602. The summed E-state index contributed by atoms with van der Waals surface area (Å²) in [4.78, 5) is 10.4. The van der Waals surface area contributed by atoms with E-state index in [9.17, 15) is 9.90 Å². The van der Waals surface area contributed by atoms with Crippen molar-refractivity contribution < 1.29 is 9.90 Å². The number of hydrogen-bond donors (Lipinski definition) is 2. The smallest absolute Gasteiger partial charge is 0.211 e. The molecule has 2 N–H and O–H groups in total. The van der Waals surface area contributed by atoms with Crippen LogP contribution in [0, 0.1) is 0 Å². The van der Waals surface area contributed by atoms with Gasteiger partial charge >= 0.3 is 0 Å².